The third-order valence-electron chi connectivity index (χ3n) is 2.24. The molecule has 1 atom stereocenters. The van der Waals surface area contributed by atoms with E-state index in [0.29, 0.717) is 17.9 Å². The second-order valence-electron chi connectivity index (χ2n) is 5.20. The maximum absolute atomic E-state index is 11.5. The average molecular weight is 256 g/mol. The highest BCUT2D eigenvalue weighted by Crippen LogP contribution is 2.32. The number of carbonyl (C=O) groups is 1. The molecule has 0 amide bonds. The first kappa shape index (κ1) is 14.2. The van der Waals surface area contributed by atoms with Crippen LogP contribution in [-0.4, -0.2) is 17.7 Å². The highest BCUT2D eigenvalue weighted by Gasteiger charge is 2.20. The molecule has 0 saturated carbocycles. The van der Waals surface area contributed by atoms with Crippen molar-refractivity contribution >= 4 is 17.3 Å². The Kier molecular flexibility index (Phi) is 4.71. The molecule has 1 aromatic heterocycles. The first-order valence-corrected chi connectivity index (χ1v) is 6.60. The molecule has 1 rings (SSSR count). The van der Waals surface area contributed by atoms with Crippen molar-refractivity contribution in [2.45, 2.75) is 40.2 Å². The Bertz CT molecular complexity index is 376. The molecule has 0 aliphatic carbocycles. The van der Waals surface area contributed by atoms with Gasteiger partial charge in [0.15, 0.2) is 0 Å². The van der Waals surface area contributed by atoms with Crippen molar-refractivity contribution in [3.8, 4) is 0 Å². The molecule has 1 heterocycles. The largest absolute Gasteiger partial charge is 0.462 e. The SMILES string of the molecule is CCOC(=O)c1ccc([C@H](O)CC(C)(C)C)s1. The molecule has 0 unspecified atom stereocenters. The molecule has 0 radical (unpaired) electrons. The fourth-order valence-corrected chi connectivity index (χ4v) is 2.41. The Morgan fingerprint density at radius 2 is 2.12 bits per heavy atom. The quantitative estimate of drug-likeness (QED) is 0.840. The third-order valence-corrected chi connectivity index (χ3v) is 3.40. The average Bonchev–Trinajstić information content (AvgIpc) is 2.63. The minimum atomic E-state index is -0.511. The van der Waals surface area contributed by atoms with Crippen LogP contribution in [0.2, 0.25) is 0 Å². The molecular formula is C13H20O3S. The second-order valence-corrected chi connectivity index (χ2v) is 6.32. The summed E-state index contributed by atoms with van der Waals surface area (Å²) in [5, 5.41) is 10.0. The monoisotopic (exact) mass is 256 g/mol. The van der Waals surface area contributed by atoms with Crippen LogP contribution in [-0.2, 0) is 4.74 Å². The Morgan fingerprint density at radius 1 is 1.47 bits per heavy atom. The van der Waals surface area contributed by atoms with Crippen LogP contribution in [0.25, 0.3) is 0 Å². The fourth-order valence-electron chi connectivity index (χ4n) is 1.52. The summed E-state index contributed by atoms with van der Waals surface area (Å²) in [5.74, 6) is -0.313. The van der Waals surface area contributed by atoms with Crippen LogP contribution >= 0.6 is 11.3 Å². The van der Waals surface area contributed by atoms with Crippen LogP contribution in [0, 0.1) is 5.41 Å². The van der Waals surface area contributed by atoms with Crippen molar-refractivity contribution < 1.29 is 14.6 Å². The molecule has 3 nitrogen and oxygen atoms in total. The van der Waals surface area contributed by atoms with Gasteiger partial charge < -0.3 is 9.84 Å². The minimum absolute atomic E-state index is 0.0630. The van der Waals surface area contributed by atoms with Gasteiger partial charge in [-0.15, -0.1) is 11.3 Å². The number of thiophene rings is 1. The zero-order valence-electron chi connectivity index (χ0n) is 10.8. The molecule has 0 bridgehead atoms. The van der Waals surface area contributed by atoms with Gasteiger partial charge >= 0.3 is 5.97 Å². The van der Waals surface area contributed by atoms with E-state index in [4.69, 9.17) is 4.74 Å². The lowest BCUT2D eigenvalue weighted by molar-refractivity contribution is 0.0532. The van der Waals surface area contributed by atoms with E-state index in [1.807, 2.05) is 0 Å². The molecule has 4 heteroatoms. The van der Waals surface area contributed by atoms with E-state index >= 15 is 0 Å². The van der Waals surface area contributed by atoms with Crippen molar-refractivity contribution in [1.82, 2.24) is 0 Å². The van der Waals surface area contributed by atoms with Gasteiger partial charge in [-0.25, -0.2) is 4.79 Å². The molecule has 96 valence electrons. The summed E-state index contributed by atoms with van der Waals surface area (Å²) in [4.78, 5) is 12.8. The van der Waals surface area contributed by atoms with Crippen molar-refractivity contribution in [2.24, 2.45) is 5.41 Å². The predicted molar refractivity (Wildman–Crippen MR) is 69.3 cm³/mol. The van der Waals surface area contributed by atoms with Crippen molar-refractivity contribution in [3.05, 3.63) is 21.9 Å². The molecule has 0 fully saturated rings. The summed E-state index contributed by atoms with van der Waals surface area (Å²) >= 11 is 1.31. The minimum Gasteiger partial charge on any atom is -0.462 e. The molecule has 17 heavy (non-hydrogen) atoms. The first-order chi connectivity index (χ1) is 7.83. The van der Waals surface area contributed by atoms with Gasteiger partial charge in [-0.2, -0.15) is 0 Å². The second kappa shape index (κ2) is 5.65. The Balaban J connectivity index is 2.71. The smallest absolute Gasteiger partial charge is 0.348 e. The van der Waals surface area contributed by atoms with Gasteiger partial charge in [0.25, 0.3) is 0 Å². The molecule has 0 spiro atoms. The zero-order valence-corrected chi connectivity index (χ0v) is 11.6. The van der Waals surface area contributed by atoms with E-state index in [9.17, 15) is 9.90 Å². The summed E-state index contributed by atoms with van der Waals surface area (Å²) in [6.07, 6.45) is 0.165. The maximum atomic E-state index is 11.5. The summed E-state index contributed by atoms with van der Waals surface area (Å²) in [7, 11) is 0. The number of rotatable bonds is 4. The first-order valence-electron chi connectivity index (χ1n) is 5.78. The number of hydrogen-bond acceptors (Lipinski definition) is 4. The van der Waals surface area contributed by atoms with Gasteiger partial charge in [0.2, 0.25) is 0 Å². The molecule has 0 aliphatic heterocycles. The van der Waals surface area contributed by atoms with Crippen LogP contribution in [0.3, 0.4) is 0 Å². The van der Waals surface area contributed by atoms with Crippen LogP contribution in [0.5, 0.6) is 0 Å². The van der Waals surface area contributed by atoms with E-state index in [2.05, 4.69) is 20.8 Å². The van der Waals surface area contributed by atoms with E-state index < -0.39 is 6.10 Å². The van der Waals surface area contributed by atoms with Gasteiger partial charge in [0.1, 0.15) is 4.88 Å². The molecule has 1 N–H and O–H groups in total. The molecular weight excluding hydrogens is 236 g/mol. The van der Waals surface area contributed by atoms with Crippen molar-refractivity contribution in [2.75, 3.05) is 6.61 Å². The summed E-state index contributed by atoms with van der Waals surface area (Å²) < 4.78 is 4.91. The number of carbonyl (C=O) groups excluding carboxylic acids is 1. The van der Waals surface area contributed by atoms with Crippen LogP contribution in [0.15, 0.2) is 12.1 Å². The Labute approximate surface area is 106 Å². The molecule has 0 aromatic carbocycles. The lowest BCUT2D eigenvalue weighted by atomic mass is 9.89. The fraction of sp³-hybridized carbons (Fsp3) is 0.615. The summed E-state index contributed by atoms with van der Waals surface area (Å²) in [5.41, 5.74) is 0.0630. The predicted octanol–water partition coefficient (Wildman–Crippen LogP) is 3.39. The van der Waals surface area contributed by atoms with E-state index in [-0.39, 0.29) is 11.4 Å². The Hall–Kier alpha value is -0.870. The molecule has 0 saturated heterocycles. The number of esters is 1. The summed E-state index contributed by atoms with van der Waals surface area (Å²) in [6.45, 7) is 8.39. The standard InChI is InChI=1S/C13H20O3S/c1-5-16-12(15)11-7-6-10(17-11)9(14)8-13(2,3)4/h6-7,9,14H,5,8H2,1-4H3/t9-/m1/s1. The summed E-state index contributed by atoms with van der Waals surface area (Å²) in [6, 6.07) is 3.51. The number of aliphatic hydroxyl groups excluding tert-OH is 1. The zero-order chi connectivity index (χ0) is 13.1. The third kappa shape index (κ3) is 4.48. The van der Waals surface area contributed by atoms with Crippen molar-refractivity contribution in [3.63, 3.8) is 0 Å². The van der Waals surface area contributed by atoms with Gasteiger partial charge in [0.05, 0.1) is 12.7 Å². The van der Waals surface area contributed by atoms with Crippen LogP contribution < -0.4 is 0 Å². The van der Waals surface area contributed by atoms with Crippen LogP contribution in [0.1, 0.15) is 54.8 Å². The number of ether oxygens (including phenoxy) is 1. The van der Waals surface area contributed by atoms with Gasteiger partial charge in [-0.1, -0.05) is 20.8 Å². The van der Waals surface area contributed by atoms with Crippen molar-refractivity contribution in [1.29, 1.82) is 0 Å². The molecule has 0 aliphatic rings. The van der Waals surface area contributed by atoms with Gasteiger partial charge in [-0.05, 0) is 30.9 Å². The van der Waals surface area contributed by atoms with E-state index in [1.54, 1.807) is 19.1 Å². The molecule has 1 aromatic rings. The highest BCUT2D eigenvalue weighted by atomic mass is 32.1. The normalized spacial score (nSPS) is 13.5. The maximum Gasteiger partial charge on any atom is 0.348 e. The number of aliphatic hydroxyl groups is 1. The van der Waals surface area contributed by atoms with Crippen LogP contribution in [0.4, 0.5) is 0 Å². The van der Waals surface area contributed by atoms with E-state index in [0.717, 1.165) is 4.88 Å². The lowest BCUT2D eigenvalue weighted by Gasteiger charge is -2.21. The van der Waals surface area contributed by atoms with Gasteiger partial charge in [0, 0.05) is 4.88 Å². The Morgan fingerprint density at radius 3 is 2.65 bits per heavy atom. The van der Waals surface area contributed by atoms with E-state index in [1.165, 1.54) is 11.3 Å². The topological polar surface area (TPSA) is 46.5 Å². The van der Waals surface area contributed by atoms with Gasteiger partial charge in [-0.3, -0.25) is 0 Å². The number of hydrogen-bond donors (Lipinski definition) is 1. The lowest BCUT2D eigenvalue weighted by Crippen LogP contribution is -2.10. The highest BCUT2D eigenvalue weighted by molar-refractivity contribution is 7.14.